The van der Waals surface area contributed by atoms with Gasteiger partial charge < -0.3 is 10.6 Å². The molecule has 1 rings (SSSR count). The van der Waals surface area contributed by atoms with Gasteiger partial charge in [0.2, 0.25) is 5.91 Å². The molecule has 18 heavy (non-hydrogen) atoms. The Morgan fingerprint density at radius 2 is 2.11 bits per heavy atom. The summed E-state index contributed by atoms with van der Waals surface area (Å²) in [6.07, 6.45) is 1.00. The Kier molecular flexibility index (Phi) is 5.58. The smallest absolute Gasteiger partial charge is 0.236 e. The van der Waals surface area contributed by atoms with E-state index in [1.165, 1.54) is 0 Å². The van der Waals surface area contributed by atoms with Crippen molar-refractivity contribution >= 4 is 11.7 Å². The number of hydrogen-bond acceptors (Lipinski definition) is 4. The minimum absolute atomic E-state index is 0.104. The van der Waals surface area contributed by atoms with Gasteiger partial charge in [0.15, 0.2) is 0 Å². The Bertz CT molecular complexity index is 392. The second kappa shape index (κ2) is 6.96. The summed E-state index contributed by atoms with van der Waals surface area (Å²) >= 11 is 0. The van der Waals surface area contributed by atoms with Crippen LogP contribution in [-0.4, -0.2) is 47.9 Å². The Balaban J connectivity index is 2.65. The molecule has 2 N–H and O–H groups in total. The minimum Gasteiger partial charge on any atom is -0.384 e. The first-order valence-electron chi connectivity index (χ1n) is 6.16. The highest BCUT2D eigenvalue weighted by Gasteiger charge is 2.12. The van der Waals surface area contributed by atoms with Crippen LogP contribution >= 0.6 is 0 Å². The Morgan fingerprint density at radius 3 is 2.67 bits per heavy atom. The maximum absolute atomic E-state index is 11.7. The molecule has 0 saturated heterocycles. The van der Waals surface area contributed by atoms with Crippen LogP contribution in [0.25, 0.3) is 0 Å². The first-order valence-corrected chi connectivity index (χ1v) is 6.16. The van der Waals surface area contributed by atoms with Crippen molar-refractivity contribution in [2.75, 3.05) is 32.9 Å². The van der Waals surface area contributed by atoms with Gasteiger partial charge in [-0.3, -0.25) is 9.69 Å². The summed E-state index contributed by atoms with van der Waals surface area (Å²) in [4.78, 5) is 19.7. The quantitative estimate of drug-likeness (QED) is 0.817. The van der Waals surface area contributed by atoms with Gasteiger partial charge in [-0.05, 0) is 25.1 Å². The number of carbonyl (C=O) groups excluding carboxylic acids is 1. The summed E-state index contributed by atoms with van der Waals surface area (Å²) in [6, 6.07) is 5.58. The molecule has 0 saturated carbocycles. The molecule has 0 radical (unpaired) electrons. The van der Waals surface area contributed by atoms with Crippen molar-refractivity contribution in [2.45, 2.75) is 19.9 Å². The van der Waals surface area contributed by atoms with Gasteiger partial charge in [0.25, 0.3) is 0 Å². The third-order valence-corrected chi connectivity index (χ3v) is 2.61. The zero-order chi connectivity index (χ0) is 13.5. The number of anilines is 1. The van der Waals surface area contributed by atoms with Crippen LogP contribution in [-0.2, 0) is 11.3 Å². The number of amides is 1. The van der Waals surface area contributed by atoms with Gasteiger partial charge in [0.05, 0.1) is 12.2 Å². The fourth-order valence-corrected chi connectivity index (χ4v) is 1.68. The average Bonchev–Trinajstić information content (AvgIpc) is 2.29. The van der Waals surface area contributed by atoms with Crippen LogP contribution in [0.1, 0.15) is 19.0 Å². The lowest BCUT2D eigenvalue weighted by Gasteiger charge is -2.22. The first kappa shape index (κ1) is 14.4. The number of likely N-dealkylation sites (N-methyl/N-ethyl adjacent to an activating group) is 1. The van der Waals surface area contributed by atoms with Crippen LogP contribution in [0.15, 0.2) is 18.2 Å². The van der Waals surface area contributed by atoms with Gasteiger partial charge in [0.1, 0.15) is 5.82 Å². The number of nitrogen functional groups attached to an aromatic ring is 1. The predicted octanol–water partition coefficient (Wildman–Crippen LogP) is 0.964. The SMILES string of the molecule is CCCN(CC(=O)N(C)C)Cc1cccc(N)n1. The summed E-state index contributed by atoms with van der Waals surface area (Å²) in [5, 5.41) is 0. The van der Waals surface area contributed by atoms with Gasteiger partial charge in [-0.15, -0.1) is 0 Å². The normalized spacial score (nSPS) is 10.7. The molecule has 0 spiro atoms. The van der Waals surface area contributed by atoms with Crippen LogP contribution in [0.5, 0.6) is 0 Å². The fourth-order valence-electron chi connectivity index (χ4n) is 1.68. The number of aromatic nitrogens is 1. The van der Waals surface area contributed by atoms with E-state index in [-0.39, 0.29) is 5.91 Å². The van der Waals surface area contributed by atoms with Gasteiger partial charge in [-0.25, -0.2) is 4.98 Å². The molecule has 0 unspecified atom stereocenters. The molecule has 0 aromatic carbocycles. The number of nitrogens with two attached hydrogens (primary N) is 1. The van der Waals surface area contributed by atoms with Gasteiger partial charge in [-0.1, -0.05) is 13.0 Å². The molecule has 0 bridgehead atoms. The van der Waals surface area contributed by atoms with Crippen LogP contribution in [0, 0.1) is 0 Å². The molecule has 5 heteroatoms. The van der Waals surface area contributed by atoms with E-state index in [2.05, 4.69) is 16.8 Å². The summed E-state index contributed by atoms with van der Waals surface area (Å²) in [6.45, 7) is 4.03. The molecule has 0 aliphatic rings. The average molecular weight is 250 g/mol. The summed E-state index contributed by atoms with van der Waals surface area (Å²) in [7, 11) is 3.54. The van der Waals surface area contributed by atoms with Crippen molar-refractivity contribution < 1.29 is 4.79 Å². The van der Waals surface area contributed by atoms with E-state index < -0.39 is 0 Å². The van der Waals surface area contributed by atoms with Crippen molar-refractivity contribution in [1.82, 2.24) is 14.8 Å². The highest BCUT2D eigenvalue weighted by atomic mass is 16.2. The molecule has 1 aromatic heterocycles. The molecule has 1 aromatic rings. The van der Waals surface area contributed by atoms with Crippen molar-refractivity contribution in [2.24, 2.45) is 0 Å². The molecular formula is C13H22N4O. The highest BCUT2D eigenvalue weighted by molar-refractivity contribution is 5.77. The number of nitrogens with zero attached hydrogens (tertiary/aromatic N) is 3. The lowest BCUT2D eigenvalue weighted by Crippen LogP contribution is -2.36. The zero-order valence-corrected chi connectivity index (χ0v) is 11.4. The zero-order valence-electron chi connectivity index (χ0n) is 11.4. The van der Waals surface area contributed by atoms with Crippen LogP contribution < -0.4 is 5.73 Å². The topological polar surface area (TPSA) is 62.5 Å². The molecule has 0 aliphatic carbocycles. The molecule has 1 heterocycles. The Morgan fingerprint density at radius 1 is 1.39 bits per heavy atom. The third-order valence-electron chi connectivity index (χ3n) is 2.61. The van der Waals surface area contributed by atoms with E-state index >= 15 is 0 Å². The molecular weight excluding hydrogens is 228 g/mol. The highest BCUT2D eigenvalue weighted by Crippen LogP contribution is 2.05. The largest absolute Gasteiger partial charge is 0.384 e. The second-order valence-corrected chi connectivity index (χ2v) is 4.55. The van der Waals surface area contributed by atoms with Crippen molar-refractivity contribution in [3.8, 4) is 0 Å². The number of rotatable bonds is 6. The first-order chi connectivity index (χ1) is 8.52. The molecule has 1 amide bonds. The molecule has 0 fully saturated rings. The molecule has 100 valence electrons. The standard InChI is InChI=1S/C13H22N4O/c1-4-8-17(10-13(18)16(2)3)9-11-6-5-7-12(14)15-11/h5-7H,4,8-10H2,1-3H3,(H2,14,15). The summed E-state index contributed by atoms with van der Waals surface area (Å²) in [5.74, 6) is 0.621. The van der Waals surface area contributed by atoms with Crippen molar-refractivity contribution in [3.63, 3.8) is 0 Å². The summed E-state index contributed by atoms with van der Waals surface area (Å²) < 4.78 is 0. The number of carbonyl (C=O) groups is 1. The Labute approximate surface area is 109 Å². The lowest BCUT2D eigenvalue weighted by molar-refractivity contribution is -0.130. The maximum Gasteiger partial charge on any atom is 0.236 e. The van der Waals surface area contributed by atoms with Gasteiger partial charge in [-0.2, -0.15) is 0 Å². The Hall–Kier alpha value is -1.62. The summed E-state index contributed by atoms with van der Waals surface area (Å²) in [5.41, 5.74) is 6.55. The van der Waals surface area contributed by atoms with E-state index in [9.17, 15) is 4.79 Å². The lowest BCUT2D eigenvalue weighted by atomic mass is 10.3. The van der Waals surface area contributed by atoms with Crippen LogP contribution in [0.3, 0.4) is 0 Å². The monoisotopic (exact) mass is 250 g/mol. The van der Waals surface area contributed by atoms with E-state index in [1.807, 2.05) is 12.1 Å². The van der Waals surface area contributed by atoms with Crippen LogP contribution in [0.2, 0.25) is 0 Å². The van der Waals surface area contributed by atoms with Gasteiger partial charge in [0, 0.05) is 20.6 Å². The van der Waals surface area contributed by atoms with E-state index in [0.29, 0.717) is 18.9 Å². The van der Waals surface area contributed by atoms with Crippen molar-refractivity contribution in [1.29, 1.82) is 0 Å². The van der Waals surface area contributed by atoms with E-state index in [4.69, 9.17) is 5.73 Å². The van der Waals surface area contributed by atoms with Gasteiger partial charge >= 0.3 is 0 Å². The van der Waals surface area contributed by atoms with E-state index in [1.54, 1.807) is 25.1 Å². The number of hydrogen-bond donors (Lipinski definition) is 1. The molecule has 5 nitrogen and oxygen atoms in total. The fraction of sp³-hybridized carbons (Fsp3) is 0.538. The predicted molar refractivity (Wildman–Crippen MR) is 72.9 cm³/mol. The van der Waals surface area contributed by atoms with Crippen LogP contribution in [0.4, 0.5) is 5.82 Å². The van der Waals surface area contributed by atoms with Crippen molar-refractivity contribution in [3.05, 3.63) is 23.9 Å². The maximum atomic E-state index is 11.7. The molecule has 0 atom stereocenters. The third kappa shape index (κ3) is 4.71. The minimum atomic E-state index is 0.104. The molecule has 0 aliphatic heterocycles. The van der Waals surface area contributed by atoms with E-state index in [0.717, 1.165) is 18.7 Å². The second-order valence-electron chi connectivity index (χ2n) is 4.55. The number of pyridine rings is 1.